The standard InChI is InChI=1S/C23H33NOS/c1-5-11-21(25-4)15-14-18(2)12-9-7-6-8-10-13-20-17-26-23(24-20)22-16-19(22)3/h5,7,9-10,12-13,17,19,21-22H,1,6,8,11,14-16H2,2-4H3/b9-7+,13-10-,18-12+. The third-order valence-corrected chi connectivity index (χ3v) is 5.89. The Morgan fingerprint density at radius 2 is 2.19 bits per heavy atom. The maximum atomic E-state index is 5.44. The Morgan fingerprint density at radius 3 is 2.88 bits per heavy atom. The van der Waals surface area contributed by atoms with Crippen LogP contribution in [0.4, 0.5) is 0 Å². The van der Waals surface area contributed by atoms with E-state index in [9.17, 15) is 0 Å². The van der Waals surface area contributed by atoms with Crippen molar-refractivity contribution in [3.05, 3.63) is 58.6 Å². The summed E-state index contributed by atoms with van der Waals surface area (Å²) in [7, 11) is 1.78. The molecule has 0 saturated heterocycles. The molecule has 0 radical (unpaired) electrons. The summed E-state index contributed by atoms with van der Waals surface area (Å²) >= 11 is 1.81. The zero-order valence-electron chi connectivity index (χ0n) is 16.5. The van der Waals surface area contributed by atoms with Gasteiger partial charge in [0.15, 0.2) is 0 Å². The number of unbranched alkanes of at least 4 members (excludes halogenated alkanes) is 1. The summed E-state index contributed by atoms with van der Waals surface area (Å²) in [5, 5.41) is 3.50. The number of thiazole rings is 1. The second kappa shape index (κ2) is 11.3. The van der Waals surface area contributed by atoms with Gasteiger partial charge in [0.25, 0.3) is 0 Å². The lowest BCUT2D eigenvalue weighted by molar-refractivity contribution is 0.0981. The Morgan fingerprint density at radius 1 is 1.42 bits per heavy atom. The van der Waals surface area contributed by atoms with Crippen LogP contribution in [0.1, 0.15) is 69.0 Å². The van der Waals surface area contributed by atoms with Gasteiger partial charge in [-0.1, -0.05) is 42.9 Å². The van der Waals surface area contributed by atoms with Gasteiger partial charge >= 0.3 is 0 Å². The molecule has 1 aliphatic carbocycles. The third kappa shape index (κ3) is 7.43. The van der Waals surface area contributed by atoms with E-state index in [1.807, 2.05) is 17.4 Å². The van der Waals surface area contributed by atoms with Crippen molar-refractivity contribution in [2.24, 2.45) is 5.92 Å². The molecule has 2 rings (SSSR count). The Kier molecular flexibility index (Phi) is 9.07. The minimum atomic E-state index is 0.291. The Balaban J connectivity index is 1.62. The largest absolute Gasteiger partial charge is 0.381 e. The maximum Gasteiger partial charge on any atom is 0.0966 e. The van der Waals surface area contributed by atoms with Crippen LogP contribution >= 0.6 is 11.3 Å². The molecule has 26 heavy (non-hydrogen) atoms. The molecule has 142 valence electrons. The zero-order chi connectivity index (χ0) is 18.8. The Bertz CT molecular complexity index is 640. The highest BCUT2D eigenvalue weighted by Crippen LogP contribution is 2.47. The third-order valence-electron chi connectivity index (χ3n) is 4.90. The van der Waals surface area contributed by atoms with Gasteiger partial charge in [0.2, 0.25) is 0 Å². The van der Waals surface area contributed by atoms with Crippen LogP contribution in [-0.4, -0.2) is 18.2 Å². The summed E-state index contributed by atoms with van der Waals surface area (Å²) < 4.78 is 5.44. The zero-order valence-corrected chi connectivity index (χ0v) is 17.3. The smallest absolute Gasteiger partial charge is 0.0966 e. The Hall–Kier alpha value is -1.45. The van der Waals surface area contributed by atoms with Crippen LogP contribution in [0.5, 0.6) is 0 Å². The molecule has 2 nitrogen and oxygen atoms in total. The summed E-state index contributed by atoms with van der Waals surface area (Å²) in [5.41, 5.74) is 2.52. The predicted octanol–water partition coefficient (Wildman–Crippen LogP) is 6.93. The quantitative estimate of drug-likeness (QED) is 0.226. The molecule has 1 aliphatic rings. The van der Waals surface area contributed by atoms with Gasteiger partial charge in [0.1, 0.15) is 0 Å². The molecule has 0 bridgehead atoms. The molecule has 0 aromatic carbocycles. The molecular formula is C23H33NOS. The first-order valence-electron chi connectivity index (χ1n) is 9.72. The lowest BCUT2D eigenvalue weighted by atomic mass is 10.1. The number of nitrogens with zero attached hydrogens (tertiary/aromatic N) is 1. The number of methoxy groups -OCH3 is 1. The van der Waals surface area contributed by atoms with Gasteiger partial charge in [0.05, 0.1) is 16.8 Å². The van der Waals surface area contributed by atoms with Gasteiger partial charge in [-0.2, -0.15) is 0 Å². The van der Waals surface area contributed by atoms with E-state index < -0.39 is 0 Å². The molecule has 1 aromatic heterocycles. The number of rotatable bonds is 12. The van der Waals surface area contributed by atoms with Crippen molar-refractivity contribution in [2.75, 3.05) is 7.11 Å². The van der Waals surface area contributed by atoms with Crippen molar-refractivity contribution in [2.45, 2.75) is 64.4 Å². The molecule has 0 aliphatic heterocycles. The number of hydrogen-bond donors (Lipinski definition) is 0. The highest BCUT2D eigenvalue weighted by atomic mass is 32.1. The van der Waals surface area contributed by atoms with Gasteiger partial charge in [-0.3, -0.25) is 0 Å². The molecular weight excluding hydrogens is 338 g/mol. The fourth-order valence-electron chi connectivity index (χ4n) is 2.93. The van der Waals surface area contributed by atoms with Gasteiger partial charge in [-0.05, 0) is 57.4 Å². The summed E-state index contributed by atoms with van der Waals surface area (Å²) in [6.07, 6.45) is 19.7. The van der Waals surface area contributed by atoms with Crippen LogP contribution in [-0.2, 0) is 4.74 Å². The first-order valence-corrected chi connectivity index (χ1v) is 10.6. The van der Waals surface area contributed by atoms with Crippen LogP contribution in [0.2, 0.25) is 0 Å². The minimum absolute atomic E-state index is 0.291. The average molecular weight is 372 g/mol. The van der Waals surface area contributed by atoms with Crippen LogP contribution in [0.15, 0.2) is 47.9 Å². The first kappa shape index (κ1) is 20.9. The normalized spacial score (nSPS) is 21.6. The van der Waals surface area contributed by atoms with E-state index in [0.29, 0.717) is 6.10 Å². The van der Waals surface area contributed by atoms with E-state index in [0.717, 1.165) is 49.6 Å². The Labute approximate surface area is 163 Å². The number of aromatic nitrogens is 1. The molecule has 1 heterocycles. The molecule has 3 unspecified atom stereocenters. The SMILES string of the molecule is C=CCC(CC/C(C)=C/C=C/CC/C=C\c1csc(C2CC2C)n1)OC. The van der Waals surface area contributed by atoms with E-state index in [4.69, 9.17) is 9.72 Å². The lowest BCUT2D eigenvalue weighted by Crippen LogP contribution is -2.08. The van der Waals surface area contributed by atoms with Gasteiger partial charge in [-0.15, -0.1) is 17.9 Å². The molecule has 1 fully saturated rings. The topological polar surface area (TPSA) is 22.1 Å². The summed E-state index contributed by atoms with van der Waals surface area (Å²) in [6, 6.07) is 0. The van der Waals surface area contributed by atoms with E-state index >= 15 is 0 Å². The fraction of sp³-hybridized carbons (Fsp3) is 0.522. The van der Waals surface area contributed by atoms with Crippen molar-refractivity contribution >= 4 is 17.4 Å². The van der Waals surface area contributed by atoms with Gasteiger partial charge in [-0.25, -0.2) is 4.98 Å². The van der Waals surface area contributed by atoms with Gasteiger partial charge < -0.3 is 4.74 Å². The minimum Gasteiger partial charge on any atom is -0.381 e. The molecule has 1 saturated carbocycles. The monoisotopic (exact) mass is 371 g/mol. The number of ether oxygens (including phenoxy) is 1. The van der Waals surface area contributed by atoms with E-state index in [1.165, 1.54) is 17.0 Å². The van der Waals surface area contributed by atoms with Crippen LogP contribution in [0.3, 0.4) is 0 Å². The second-order valence-electron chi connectivity index (χ2n) is 7.27. The first-order chi connectivity index (χ1) is 12.6. The summed E-state index contributed by atoms with van der Waals surface area (Å²) in [6.45, 7) is 8.27. The fourth-order valence-corrected chi connectivity index (χ4v) is 3.96. The van der Waals surface area contributed by atoms with Crippen LogP contribution < -0.4 is 0 Å². The molecule has 3 heteroatoms. The highest BCUT2D eigenvalue weighted by Gasteiger charge is 2.36. The number of hydrogen-bond acceptors (Lipinski definition) is 3. The molecule has 1 aromatic rings. The second-order valence-corrected chi connectivity index (χ2v) is 8.16. The maximum absolute atomic E-state index is 5.44. The number of allylic oxidation sites excluding steroid dienone is 5. The van der Waals surface area contributed by atoms with E-state index in [2.05, 4.69) is 56.2 Å². The van der Waals surface area contributed by atoms with Crippen molar-refractivity contribution < 1.29 is 4.74 Å². The molecule has 0 spiro atoms. The van der Waals surface area contributed by atoms with Crippen molar-refractivity contribution in [3.63, 3.8) is 0 Å². The van der Waals surface area contributed by atoms with Crippen molar-refractivity contribution in [3.8, 4) is 0 Å². The summed E-state index contributed by atoms with van der Waals surface area (Å²) in [4.78, 5) is 4.72. The predicted molar refractivity (Wildman–Crippen MR) is 115 cm³/mol. The molecule has 3 atom stereocenters. The van der Waals surface area contributed by atoms with E-state index in [1.54, 1.807) is 7.11 Å². The molecule has 0 amide bonds. The molecule has 0 N–H and O–H groups in total. The van der Waals surface area contributed by atoms with Crippen molar-refractivity contribution in [1.29, 1.82) is 0 Å². The highest BCUT2D eigenvalue weighted by molar-refractivity contribution is 7.09. The van der Waals surface area contributed by atoms with E-state index in [-0.39, 0.29) is 0 Å². The van der Waals surface area contributed by atoms with Crippen molar-refractivity contribution in [1.82, 2.24) is 4.98 Å². The average Bonchev–Trinajstić information content (AvgIpc) is 3.18. The van der Waals surface area contributed by atoms with Gasteiger partial charge in [0, 0.05) is 18.4 Å². The van der Waals surface area contributed by atoms with Crippen LogP contribution in [0, 0.1) is 5.92 Å². The summed E-state index contributed by atoms with van der Waals surface area (Å²) in [5.74, 6) is 1.57. The van der Waals surface area contributed by atoms with Crippen LogP contribution in [0.25, 0.3) is 6.08 Å². The lowest BCUT2D eigenvalue weighted by Gasteiger charge is -2.12.